The topological polar surface area (TPSA) is 27.6 Å². The van der Waals surface area contributed by atoms with Crippen molar-refractivity contribution in [3.63, 3.8) is 0 Å². The van der Waals surface area contributed by atoms with Crippen molar-refractivity contribution in [3.05, 3.63) is 0 Å². The molecule has 3 nitrogen and oxygen atoms in total. The molecule has 1 N–H and O–H groups in total. The summed E-state index contributed by atoms with van der Waals surface area (Å²) in [6.45, 7) is 7.51. The molecular weight excluding hydrogens is 126 g/mol. The van der Waals surface area contributed by atoms with Crippen molar-refractivity contribution in [2.45, 2.75) is 26.8 Å². The molecule has 0 aliphatic carbocycles. The first-order valence-corrected chi connectivity index (χ1v) is 3.73. The third-order valence-electron chi connectivity index (χ3n) is 2.04. The quantitative estimate of drug-likeness (QED) is 0.617. The van der Waals surface area contributed by atoms with E-state index in [0.29, 0.717) is 12.0 Å². The van der Waals surface area contributed by atoms with Gasteiger partial charge in [-0.25, -0.2) is 0 Å². The maximum absolute atomic E-state index is 3.92. The van der Waals surface area contributed by atoms with E-state index in [-0.39, 0.29) is 0 Å². The Hall–Kier alpha value is -0.730. The molecule has 0 amide bonds. The molecule has 1 aliphatic rings. The van der Waals surface area contributed by atoms with Crippen molar-refractivity contribution in [1.29, 1.82) is 0 Å². The Morgan fingerprint density at radius 2 is 2.20 bits per heavy atom. The van der Waals surface area contributed by atoms with Crippen molar-refractivity contribution < 1.29 is 0 Å². The van der Waals surface area contributed by atoms with Crippen LogP contribution < -0.4 is 5.43 Å². The first-order chi connectivity index (χ1) is 4.72. The van der Waals surface area contributed by atoms with Gasteiger partial charge in [-0.1, -0.05) is 13.8 Å². The summed E-state index contributed by atoms with van der Waals surface area (Å²) in [6.07, 6.45) is 1.87. The van der Waals surface area contributed by atoms with Crippen LogP contribution in [0.1, 0.15) is 20.8 Å². The van der Waals surface area contributed by atoms with Crippen LogP contribution in [0.3, 0.4) is 0 Å². The smallest absolute Gasteiger partial charge is 0.113 e. The molecule has 0 aromatic rings. The van der Waals surface area contributed by atoms with Crippen LogP contribution in [0.2, 0.25) is 0 Å². The number of hydrogen-bond acceptors (Lipinski definition) is 3. The zero-order chi connectivity index (χ0) is 7.56. The number of nitrogens with zero attached hydrogens (tertiary/aromatic N) is 2. The maximum atomic E-state index is 3.92. The van der Waals surface area contributed by atoms with Crippen LogP contribution in [0.5, 0.6) is 0 Å². The molecule has 1 aliphatic heterocycles. The fraction of sp³-hybridized carbons (Fsp3) is 0.857. The average molecular weight is 141 g/mol. The van der Waals surface area contributed by atoms with Crippen molar-refractivity contribution in [2.75, 3.05) is 6.67 Å². The third-order valence-corrected chi connectivity index (χ3v) is 2.04. The lowest BCUT2D eigenvalue weighted by atomic mass is 10.1. The first-order valence-electron chi connectivity index (χ1n) is 3.73. The highest BCUT2D eigenvalue weighted by Gasteiger charge is 2.15. The van der Waals surface area contributed by atoms with Crippen LogP contribution in [-0.2, 0) is 0 Å². The summed E-state index contributed by atoms with van der Waals surface area (Å²) in [5.41, 5.74) is 2.90. The van der Waals surface area contributed by atoms with E-state index in [1.165, 1.54) is 0 Å². The summed E-state index contributed by atoms with van der Waals surface area (Å²) < 4.78 is 0. The van der Waals surface area contributed by atoms with Crippen molar-refractivity contribution >= 4 is 6.34 Å². The maximum Gasteiger partial charge on any atom is 0.113 e. The minimum absolute atomic E-state index is 0.582. The second kappa shape index (κ2) is 2.90. The van der Waals surface area contributed by atoms with Gasteiger partial charge in [0.2, 0.25) is 0 Å². The van der Waals surface area contributed by atoms with Crippen LogP contribution >= 0.6 is 0 Å². The summed E-state index contributed by atoms with van der Waals surface area (Å²) in [5.74, 6) is 0.686. The van der Waals surface area contributed by atoms with Gasteiger partial charge in [0.1, 0.15) is 13.0 Å². The molecule has 10 heavy (non-hydrogen) atoms. The van der Waals surface area contributed by atoms with Crippen LogP contribution in [-0.4, -0.2) is 23.9 Å². The second-order valence-corrected chi connectivity index (χ2v) is 3.06. The molecule has 1 unspecified atom stereocenters. The highest BCUT2D eigenvalue weighted by Crippen LogP contribution is 2.08. The summed E-state index contributed by atoms with van der Waals surface area (Å²) >= 11 is 0. The Kier molecular flexibility index (Phi) is 2.14. The molecule has 0 aromatic heterocycles. The van der Waals surface area contributed by atoms with Gasteiger partial charge in [0, 0.05) is 6.04 Å². The number of hydrogen-bond donors (Lipinski definition) is 1. The molecular formula is C7H15N3. The van der Waals surface area contributed by atoms with Gasteiger partial charge in [-0.15, -0.1) is 0 Å². The van der Waals surface area contributed by atoms with E-state index in [2.05, 4.69) is 36.2 Å². The van der Waals surface area contributed by atoms with Gasteiger partial charge in [-0.05, 0) is 12.8 Å². The van der Waals surface area contributed by atoms with Gasteiger partial charge < -0.3 is 4.90 Å². The van der Waals surface area contributed by atoms with E-state index < -0.39 is 0 Å². The van der Waals surface area contributed by atoms with Gasteiger partial charge in [0.15, 0.2) is 0 Å². The van der Waals surface area contributed by atoms with E-state index in [9.17, 15) is 0 Å². The standard InChI is InChI=1S/C7H15N3/c1-6(2)7(3)10-4-8-9-5-10/h4,6-7,9H,5H2,1-3H3. The van der Waals surface area contributed by atoms with Crippen molar-refractivity contribution in [3.8, 4) is 0 Å². The molecule has 1 rings (SSSR count). The van der Waals surface area contributed by atoms with E-state index in [1.54, 1.807) is 0 Å². The summed E-state index contributed by atoms with van der Waals surface area (Å²) in [4.78, 5) is 2.20. The molecule has 1 heterocycles. The molecule has 0 saturated heterocycles. The first kappa shape index (κ1) is 7.38. The predicted molar refractivity (Wildman–Crippen MR) is 42.6 cm³/mol. The van der Waals surface area contributed by atoms with Gasteiger partial charge in [0.25, 0.3) is 0 Å². The third kappa shape index (κ3) is 1.40. The zero-order valence-electron chi connectivity index (χ0n) is 6.83. The molecule has 0 fully saturated rings. The summed E-state index contributed by atoms with van der Waals surface area (Å²) in [6, 6.07) is 0.582. The largest absolute Gasteiger partial charge is 0.339 e. The lowest BCUT2D eigenvalue weighted by molar-refractivity contribution is 0.278. The molecule has 1 atom stereocenters. The highest BCUT2D eigenvalue weighted by atomic mass is 15.5. The summed E-state index contributed by atoms with van der Waals surface area (Å²) in [5, 5.41) is 3.92. The summed E-state index contributed by atoms with van der Waals surface area (Å²) in [7, 11) is 0. The zero-order valence-corrected chi connectivity index (χ0v) is 6.83. The fourth-order valence-electron chi connectivity index (χ4n) is 0.910. The Labute approximate surface area is 62.1 Å². The SMILES string of the molecule is CC(C)C(C)N1C=NNC1. The van der Waals surface area contributed by atoms with E-state index in [1.807, 2.05) is 6.34 Å². The number of hydrazone groups is 1. The Bertz CT molecular complexity index is 131. The monoisotopic (exact) mass is 141 g/mol. The molecule has 0 saturated carbocycles. The number of rotatable bonds is 2. The molecule has 0 radical (unpaired) electrons. The Balaban J connectivity index is 2.40. The van der Waals surface area contributed by atoms with E-state index >= 15 is 0 Å². The average Bonchev–Trinajstić information content (AvgIpc) is 2.36. The minimum atomic E-state index is 0.582. The Morgan fingerprint density at radius 1 is 1.50 bits per heavy atom. The van der Waals surface area contributed by atoms with Crippen LogP contribution in [0.4, 0.5) is 0 Å². The molecule has 58 valence electrons. The van der Waals surface area contributed by atoms with Crippen LogP contribution in [0.15, 0.2) is 5.10 Å². The van der Waals surface area contributed by atoms with Crippen LogP contribution in [0, 0.1) is 5.92 Å². The minimum Gasteiger partial charge on any atom is -0.339 e. The predicted octanol–water partition coefficient (Wildman–Crippen LogP) is 0.837. The highest BCUT2D eigenvalue weighted by molar-refractivity contribution is 5.56. The molecule has 0 bridgehead atoms. The normalized spacial score (nSPS) is 19.8. The molecule has 0 aromatic carbocycles. The lowest BCUT2D eigenvalue weighted by Crippen LogP contribution is -2.35. The Morgan fingerprint density at radius 3 is 2.60 bits per heavy atom. The van der Waals surface area contributed by atoms with Gasteiger partial charge >= 0.3 is 0 Å². The molecule has 0 spiro atoms. The van der Waals surface area contributed by atoms with Gasteiger partial charge in [-0.2, -0.15) is 5.10 Å². The fourth-order valence-corrected chi connectivity index (χ4v) is 0.910. The van der Waals surface area contributed by atoms with Crippen LogP contribution in [0.25, 0.3) is 0 Å². The van der Waals surface area contributed by atoms with E-state index in [4.69, 9.17) is 0 Å². The van der Waals surface area contributed by atoms with Crippen molar-refractivity contribution in [1.82, 2.24) is 10.3 Å². The molecule has 3 heteroatoms. The van der Waals surface area contributed by atoms with Gasteiger partial charge in [-0.3, -0.25) is 5.43 Å². The van der Waals surface area contributed by atoms with E-state index in [0.717, 1.165) is 6.67 Å². The number of nitrogens with one attached hydrogen (secondary N) is 1. The second-order valence-electron chi connectivity index (χ2n) is 3.06. The van der Waals surface area contributed by atoms with Crippen molar-refractivity contribution in [2.24, 2.45) is 11.0 Å². The lowest BCUT2D eigenvalue weighted by Gasteiger charge is -2.25. The van der Waals surface area contributed by atoms with Gasteiger partial charge in [0.05, 0.1) is 0 Å².